The van der Waals surface area contributed by atoms with E-state index in [-0.39, 0.29) is 11.7 Å². The Hall–Kier alpha value is -3.42. The smallest absolute Gasteiger partial charge is 0.264 e. The number of carbonyl (C=O) groups is 1. The summed E-state index contributed by atoms with van der Waals surface area (Å²) in [7, 11) is 0. The maximum Gasteiger partial charge on any atom is 0.264 e. The number of carbonyl (C=O) groups excluding carboxylic acids is 1. The number of halogens is 1. The van der Waals surface area contributed by atoms with Crippen LogP contribution in [0.25, 0.3) is 6.08 Å². The maximum absolute atomic E-state index is 12.5. The van der Waals surface area contributed by atoms with E-state index in [4.69, 9.17) is 21.1 Å². The van der Waals surface area contributed by atoms with E-state index >= 15 is 0 Å². The van der Waals surface area contributed by atoms with Crippen LogP contribution in [-0.2, 0) is 11.4 Å². The highest BCUT2D eigenvalue weighted by atomic mass is 35.5. The van der Waals surface area contributed by atoms with Gasteiger partial charge in [0.2, 0.25) is 0 Å². The lowest BCUT2D eigenvalue weighted by molar-refractivity contribution is -0.115. The quantitative estimate of drug-likeness (QED) is 0.381. The summed E-state index contributed by atoms with van der Waals surface area (Å²) in [6, 6.07) is 18.1. The van der Waals surface area contributed by atoms with E-state index in [1.54, 1.807) is 24.3 Å². The predicted molar refractivity (Wildman–Crippen MR) is 137 cm³/mol. The van der Waals surface area contributed by atoms with Gasteiger partial charge in [-0.2, -0.15) is 0 Å². The molecule has 0 aromatic heterocycles. The number of phenols is 1. The lowest BCUT2D eigenvalue weighted by atomic mass is 10.2. The highest BCUT2D eigenvalue weighted by Gasteiger charge is 2.24. The molecule has 1 fully saturated rings. The van der Waals surface area contributed by atoms with Gasteiger partial charge in [-0.1, -0.05) is 35.9 Å². The number of amidine groups is 1. The fraction of sp³-hybridized carbons (Fsp3) is 0.154. The molecule has 6 nitrogen and oxygen atoms in total. The molecule has 3 aromatic carbocycles. The summed E-state index contributed by atoms with van der Waals surface area (Å²) in [6.45, 7) is 4.66. The number of nitrogens with zero attached hydrogens (tertiary/aromatic N) is 1. The number of rotatable bonds is 7. The van der Waals surface area contributed by atoms with Gasteiger partial charge < -0.3 is 19.9 Å². The summed E-state index contributed by atoms with van der Waals surface area (Å²) < 4.78 is 11.7. The summed E-state index contributed by atoms with van der Waals surface area (Å²) in [5.74, 6) is 1.00. The number of amides is 1. The van der Waals surface area contributed by atoms with Gasteiger partial charge in [0.25, 0.3) is 5.91 Å². The Balaban J connectivity index is 1.52. The molecule has 1 saturated heterocycles. The van der Waals surface area contributed by atoms with Gasteiger partial charge in [0.1, 0.15) is 18.0 Å². The van der Waals surface area contributed by atoms with Crippen molar-refractivity contribution in [2.24, 2.45) is 4.99 Å². The second-order valence-electron chi connectivity index (χ2n) is 7.53. The first kappa shape index (κ1) is 23.7. The number of nitrogens with one attached hydrogen (secondary N) is 1. The van der Waals surface area contributed by atoms with E-state index in [0.29, 0.717) is 45.5 Å². The van der Waals surface area contributed by atoms with Crippen LogP contribution in [-0.4, -0.2) is 22.8 Å². The average molecular weight is 495 g/mol. The lowest BCUT2D eigenvalue weighted by Crippen LogP contribution is -2.19. The fourth-order valence-corrected chi connectivity index (χ4v) is 4.17. The Morgan fingerprint density at radius 3 is 2.62 bits per heavy atom. The molecule has 0 unspecified atom stereocenters. The summed E-state index contributed by atoms with van der Waals surface area (Å²) in [5, 5.41) is 13.8. The van der Waals surface area contributed by atoms with E-state index in [2.05, 4.69) is 10.3 Å². The van der Waals surface area contributed by atoms with E-state index in [9.17, 15) is 9.90 Å². The van der Waals surface area contributed by atoms with Crippen LogP contribution in [0, 0.1) is 6.92 Å². The molecule has 0 spiro atoms. The molecule has 3 aromatic rings. The Morgan fingerprint density at radius 2 is 1.85 bits per heavy atom. The Labute approximate surface area is 207 Å². The molecule has 0 bridgehead atoms. The molecule has 174 valence electrons. The minimum absolute atomic E-state index is 0.0564. The Bertz CT molecular complexity index is 1270. The van der Waals surface area contributed by atoms with Crippen LogP contribution >= 0.6 is 23.4 Å². The third-order valence-corrected chi connectivity index (χ3v) is 6.04. The Kier molecular flexibility index (Phi) is 7.45. The van der Waals surface area contributed by atoms with Gasteiger partial charge in [0, 0.05) is 5.02 Å². The first-order chi connectivity index (χ1) is 16.4. The number of ether oxygens (including phenoxy) is 2. The van der Waals surface area contributed by atoms with Crippen molar-refractivity contribution in [2.45, 2.75) is 20.5 Å². The molecular formula is C26H23ClN2O4S. The standard InChI is InChI=1S/C26H23ClN2O4S/c1-3-32-23-13-18(7-11-22(23)33-15-17-5-8-19(27)9-6-17)14-24-25(31)29-26(34-24)28-20-12-16(2)4-10-21(20)30/h4-14,30H,3,15H2,1-2H3,(H,28,29,31)/b24-14-. The van der Waals surface area contributed by atoms with Crippen LogP contribution in [0.4, 0.5) is 5.69 Å². The molecule has 8 heteroatoms. The Morgan fingerprint density at radius 1 is 1.06 bits per heavy atom. The normalized spacial score (nSPS) is 15.6. The predicted octanol–water partition coefficient (Wildman–Crippen LogP) is 6.22. The molecule has 34 heavy (non-hydrogen) atoms. The van der Waals surface area contributed by atoms with Gasteiger partial charge in [-0.15, -0.1) is 0 Å². The van der Waals surface area contributed by atoms with Crippen molar-refractivity contribution in [2.75, 3.05) is 6.61 Å². The number of benzene rings is 3. The minimum Gasteiger partial charge on any atom is -0.506 e. The molecule has 0 radical (unpaired) electrons. The molecule has 0 atom stereocenters. The first-order valence-corrected chi connectivity index (χ1v) is 11.8. The van der Waals surface area contributed by atoms with Crippen LogP contribution in [0.15, 0.2) is 70.6 Å². The molecule has 1 amide bonds. The summed E-state index contributed by atoms with van der Waals surface area (Å²) >= 11 is 7.15. The van der Waals surface area contributed by atoms with Crippen LogP contribution in [0.5, 0.6) is 17.2 Å². The van der Waals surface area contributed by atoms with Crippen LogP contribution in [0.1, 0.15) is 23.6 Å². The monoisotopic (exact) mass is 494 g/mol. The van der Waals surface area contributed by atoms with Gasteiger partial charge >= 0.3 is 0 Å². The second-order valence-corrected chi connectivity index (χ2v) is 9.00. The number of aliphatic imine (C=N–C) groups is 1. The molecule has 4 rings (SSSR count). The fourth-order valence-electron chi connectivity index (χ4n) is 3.21. The summed E-state index contributed by atoms with van der Waals surface area (Å²) in [6.07, 6.45) is 1.77. The molecule has 2 N–H and O–H groups in total. The van der Waals surface area contributed by atoms with E-state index in [0.717, 1.165) is 16.7 Å². The van der Waals surface area contributed by atoms with Crippen molar-refractivity contribution in [3.63, 3.8) is 0 Å². The number of aryl methyl sites for hydroxylation is 1. The van der Waals surface area contributed by atoms with Gasteiger partial charge in [-0.25, -0.2) is 4.99 Å². The zero-order valence-corrected chi connectivity index (χ0v) is 20.2. The number of thioether (sulfide) groups is 1. The number of hydrogen-bond acceptors (Lipinski definition) is 6. The van der Waals surface area contributed by atoms with Crippen molar-refractivity contribution in [1.82, 2.24) is 5.32 Å². The van der Waals surface area contributed by atoms with Crippen molar-refractivity contribution < 1.29 is 19.4 Å². The van der Waals surface area contributed by atoms with Gasteiger partial charge in [0.15, 0.2) is 16.7 Å². The van der Waals surface area contributed by atoms with Crippen LogP contribution < -0.4 is 14.8 Å². The third kappa shape index (κ3) is 5.92. The number of hydrogen-bond donors (Lipinski definition) is 2. The van der Waals surface area contributed by atoms with Crippen molar-refractivity contribution in [3.8, 4) is 17.2 Å². The van der Waals surface area contributed by atoms with E-state index in [1.807, 2.05) is 56.3 Å². The van der Waals surface area contributed by atoms with E-state index < -0.39 is 0 Å². The SMILES string of the molecule is CCOc1cc(/C=C2\SC(=Nc3cc(C)ccc3O)NC2=O)ccc1OCc1ccc(Cl)cc1. The van der Waals surface area contributed by atoms with Crippen molar-refractivity contribution in [1.29, 1.82) is 0 Å². The van der Waals surface area contributed by atoms with Gasteiger partial charge in [-0.3, -0.25) is 4.79 Å². The highest BCUT2D eigenvalue weighted by Crippen LogP contribution is 2.34. The van der Waals surface area contributed by atoms with E-state index in [1.165, 1.54) is 11.8 Å². The van der Waals surface area contributed by atoms with Crippen molar-refractivity contribution in [3.05, 3.63) is 87.3 Å². The number of phenolic OH excluding ortho intramolecular Hbond substituents is 1. The molecule has 1 aliphatic heterocycles. The zero-order chi connectivity index (χ0) is 24.1. The zero-order valence-electron chi connectivity index (χ0n) is 18.7. The topological polar surface area (TPSA) is 80.2 Å². The van der Waals surface area contributed by atoms with Crippen molar-refractivity contribution >= 4 is 46.2 Å². The van der Waals surface area contributed by atoms with Gasteiger partial charge in [-0.05, 0) is 84.8 Å². The van der Waals surface area contributed by atoms with Crippen LogP contribution in [0.2, 0.25) is 5.02 Å². The maximum atomic E-state index is 12.5. The number of aromatic hydroxyl groups is 1. The largest absolute Gasteiger partial charge is 0.506 e. The molecular weight excluding hydrogens is 472 g/mol. The molecule has 0 aliphatic carbocycles. The molecule has 1 heterocycles. The molecule has 0 saturated carbocycles. The second kappa shape index (κ2) is 10.7. The third-order valence-electron chi connectivity index (χ3n) is 4.88. The molecule has 1 aliphatic rings. The summed E-state index contributed by atoms with van der Waals surface area (Å²) in [4.78, 5) is 17.4. The van der Waals surface area contributed by atoms with Crippen LogP contribution in [0.3, 0.4) is 0 Å². The van der Waals surface area contributed by atoms with Gasteiger partial charge in [0.05, 0.1) is 11.5 Å². The first-order valence-electron chi connectivity index (χ1n) is 10.6. The average Bonchev–Trinajstić information content (AvgIpc) is 3.15. The highest BCUT2D eigenvalue weighted by molar-refractivity contribution is 8.18. The lowest BCUT2D eigenvalue weighted by Gasteiger charge is -2.13. The minimum atomic E-state index is -0.253. The summed E-state index contributed by atoms with van der Waals surface area (Å²) in [5.41, 5.74) is 3.15.